The van der Waals surface area contributed by atoms with Gasteiger partial charge in [0.05, 0.1) is 6.04 Å². The molecular weight excluding hydrogens is 550 g/mol. The molecule has 6 rings (SSSR count). The molecule has 2 amide bonds. The van der Waals surface area contributed by atoms with Gasteiger partial charge in [0.2, 0.25) is 11.8 Å². The maximum Gasteiger partial charge on any atom is 0.240 e. The van der Waals surface area contributed by atoms with Gasteiger partial charge in [0.25, 0.3) is 0 Å². The second kappa shape index (κ2) is 13.9. The Kier molecular flexibility index (Phi) is 9.39. The number of nitrogens with one attached hydrogen (secondary N) is 5. The van der Waals surface area contributed by atoms with Crippen molar-refractivity contribution in [2.75, 3.05) is 26.3 Å². The summed E-state index contributed by atoms with van der Waals surface area (Å²) in [7, 11) is 0. The van der Waals surface area contributed by atoms with Gasteiger partial charge in [-0.3, -0.25) is 14.9 Å². The van der Waals surface area contributed by atoms with E-state index >= 15 is 0 Å². The van der Waals surface area contributed by atoms with E-state index in [1.165, 1.54) is 16.5 Å². The van der Waals surface area contributed by atoms with E-state index in [4.69, 9.17) is 4.74 Å². The molecule has 3 aromatic carbocycles. The summed E-state index contributed by atoms with van der Waals surface area (Å²) in [6.07, 6.45) is 7.88. The maximum absolute atomic E-state index is 13.9. The number of para-hydroxylation sites is 2. The molecule has 5 aromatic rings. The Morgan fingerprint density at radius 1 is 0.750 bits per heavy atom. The number of aryl methyl sites for hydroxylation is 1. The molecule has 0 spiro atoms. The minimum absolute atomic E-state index is 0.0820. The Morgan fingerprint density at radius 3 is 2.11 bits per heavy atom. The van der Waals surface area contributed by atoms with Crippen LogP contribution in [0.3, 0.4) is 0 Å². The van der Waals surface area contributed by atoms with Crippen LogP contribution < -0.4 is 16.0 Å². The van der Waals surface area contributed by atoms with Crippen LogP contribution in [0.1, 0.15) is 36.0 Å². The predicted octanol–water partition coefficient (Wildman–Crippen LogP) is 4.81. The summed E-state index contributed by atoms with van der Waals surface area (Å²) in [6, 6.07) is 26.0. The number of fused-ring (bicyclic) bond motifs is 2. The van der Waals surface area contributed by atoms with Crippen molar-refractivity contribution >= 4 is 33.6 Å². The van der Waals surface area contributed by atoms with Gasteiger partial charge in [-0.25, -0.2) is 0 Å². The quantitative estimate of drug-likeness (QED) is 0.127. The molecule has 1 saturated heterocycles. The van der Waals surface area contributed by atoms with Crippen LogP contribution >= 0.6 is 0 Å². The summed E-state index contributed by atoms with van der Waals surface area (Å²) in [5.41, 5.74) is 4.67. The third-order valence-corrected chi connectivity index (χ3v) is 8.79. The molecule has 2 aromatic heterocycles. The minimum atomic E-state index is -0.906. The van der Waals surface area contributed by atoms with Crippen molar-refractivity contribution in [2.45, 2.75) is 50.1 Å². The van der Waals surface area contributed by atoms with E-state index < -0.39 is 11.6 Å². The van der Waals surface area contributed by atoms with Crippen LogP contribution in [-0.2, 0) is 33.6 Å². The number of rotatable bonds is 13. The van der Waals surface area contributed by atoms with Crippen molar-refractivity contribution in [2.24, 2.45) is 0 Å². The van der Waals surface area contributed by atoms with Gasteiger partial charge < -0.3 is 25.3 Å². The van der Waals surface area contributed by atoms with E-state index in [0.717, 1.165) is 34.8 Å². The molecule has 1 atom stereocenters. The van der Waals surface area contributed by atoms with E-state index in [-0.39, 0.29) is 11.8 Å². The highest BCUT2D eigenvalue weighted by atomic mass is 16.5. The molecule has 0 unspecified atom stereocenters. The molecule has 0 aliphatic carbocycles. The molecule has 1 fully saturated rings. The van der Waals surface area contributed by atoms with Crippen LogP contribution in [0.2, 0.25) is 0 Å². The van der Waals surface area contributed by atoms with Crippen molar-refractivity contribution in [3.8, 4) is 0 Å². The Morgan fingerprint density at radius 2 is 1.39 bits per heavy atom. The summed E-state index contributed by atoms with van der Waals surface area (Å²) in [5.74, 6) is -0.178. The van der Waals surface area contributed by atoms with Crippen LogP contribution in [0, 0.1) is 0 Å². The average Bonchev–Trinajstić information content (AvgIpc) is 3.68. The topological polar surface area (TPSA) is 111 Å². The number of carbonyl (C=O) groups is 2. The summed E-state index contributed by atoms with van der Waals surface area (Å²) in [4.78, 5) is 34.4. The molecule has 5 N–H and O–H groups in total. The third-order valence-electron chi connectivity index (χ3n) is 8.79. The van der Waals surface area contributed by atoms with Gasteiger partial charge in [-0.15, -0.1) is 0 Å². The highest BCUT2D eigenvalue weighted by Gasteiger charge is 2.42. The fraction of sp³-hybridized carbons (Fsp3) is 0.333. The van der Waals surface area contributed by atoms with E-state index in [9.17, 15) is 9.59 Å². The molecule has 0 saturated carbocycles. The number of hydrogen-bond acceptors (Lipinski definition) is 4. The first-order valence-corrected chi connectivity index (χ1v) is 15.7. The van der Waals surface area contributed by atoms with Crippen molar-refractivity contribution in [3.05, 3.63) is 108 Å². The van der Waals surface area contributed by atoms with Gasteiger partial charge in [-0.1, -0.05) is 66.7 Å². The van der Waals surface area contributed by atoms with E-state index in [0.29, 0.717) is 52.0 Å². The largest absolute Gasteiger partial charge is 0.381 e. The first-order chi connectivity index (χ1) is 21.6. The molecule has 1 aliphatic heterocycles. The van der Waals surface area contributed by atoms with Crippen LogP contribution in [-0.4, -0.2) is 59.7 Å². The molecule has 0 bridgehead atoms. The van der Waals surface area contributed by atoms with E-state index in [2.05, 4.69) is 56.3 Å². The van der Waals surface area contributed by atoms with Crippen LogP contribution in [0.4, 0.5) is 0 Å². The molecule has 228 valence electrons. The summed E-state index contributed by atoms with van der Waals surface area (Å²) in [5, 5.41) is 12.2. The highest BCUT2D eigenvalue weighted by molar-refractivity contribution is 5.90. The number of carbonyl (C=O) groups excluding carboxylic acids is 2. The molecule has 0 radical (unpaired) electrons. The van der Waals surface area contributed by atoms with Crippen LogP contribution in [0.5, 0.6) is 0 Å². The van der Waals surface area contributed by atoms with E-state index in [1.807, 2.05) is 60.9 Å². The van der Waals surface area contributed by atoms with E-state index in [1.54, 1.807) is 0 Å². The van der Waals surface area contributed by atoms with Crippen molar-refractivity contribution in [1.29, 1.82) is 0 Å². The maximum atomic E-state index is 13.9. The standard InChI is InChI=1S/C36H41N5O3/c42-34(37-19-8-11-26-9-2-1-3-10-26)33(23-28-25-40-32-15-7-5-13-30(28)32)41-36(17-21-44-22-18-36)35(43)38-20-16-27-24-39-31-14-6-4-12-29(27)31/h1-7,9-10,12-15,24-25,33,39-41H,8,11,16-23H2,(H,37,42)(H,38,43)/t33-/m0/s1. The lowest BCUT2D eigenvalue weighted by molar-refractivity contribution is -0.133. The highest BCUT2D eigenvalue weighted by Crippen LogP contribution is 2.25. The minimum Gasteiger partial charge on any atom is -0.381 e. The zero-order valence-corrected chi connectivity index (χ0v) is 25.0. The SMILES string of the molecule is O=C(NCCCc1ccccc1)[C@H](Cc1c[nH]c2ccccc12)NC1(C(=O)NCCc2c[nH]c3ccccc23)CCOCC1. The summed E-state index contributed by atoms with van der Waals surface area (Å²) < 4.78 is 5.68. The second-order valence-electron chi connectivity index (χ2n) is 11.7. The first kappa shape index (κ1) is 29.7. The van der Waals surface area contributed by atoms with Gasteiger partial charge in [-0.05, 0) is 67.3 Å². The van der Waals surface area contributed by atoms with Crippen LogP contribution in [0.25, 0.3) is 21.8 Å². The zero-order chi connectivity index (χ0) is 30.2. The Labute approximate surface area is 258 Å². The first-order valence-electron chi connectivity index (χ1n) is 15.7. The predicted molar refractivity (Wildman–Crippen MR) is 174 cm³/mol. The number of ether oxygens (including phenoxy) is 1. The monoisotopic (exact) mass is 591 g/mol. The second-order valence-corrected chi connectivity index (χ2v) is 11.7. The number of aromatic amines is 2. The Bertz CT molecular complexity index is 1690. The zero-order valence-electron chi connectivity index (χ0n) is 25.0. The molecule has 8 heteroatoms. The van der Waals surface area contributed by atoms with Gasteiger partial charge >= 0.3 is 0 Å². The van der Waals surface area contributed by atoms with Crippen molar-refractivity contribution < 1.29 is 14.3 Å². The third kappa shape index (κ3) is 6.87. The molecule has 44 heavy (non-hydrogen) atoms. The number of aromatic nitrogens is 2. The molecule has 3 heterocycles. The Balaban J connectivity index is 1.16. The number of hydrogen-bond donors (Lipinski definition) is 5. The van der Waals surface area contributed by atoms with Gasteiger partial charge in [0.15, 0.2) is 0 Å². The summed E-state index contributed by atoms with van der Waals surface area (Å²) >= 11 is 0. The summed E-state index contributed by atoms with van der Waals surface area (Å²) in [6.45, 7) is 1.99. The number of benzene rings is 3. The lowest BCUT2D eigenvalue weighted by Crippen LogP contribution is -2.65. The number of H-pyrrole nitrogens is 2. The lowest BCUT2D eigenvalue weighted by atomic mass is 9.86. The van der Waals surface area contributed by atoms with Crippen molar-refractivity contribution in [3.63, 3.8) is 0 Å². The number of amides is 2. The lowest BCUT2D eigenvalue weighted by Gasteiger charge is -2.39. The van der Waals surface area contributed by atoms with Crippen LogP contribution in [0.15, 0.2) is 91.3 Å². The normalized spacial score (nSPS) is 15.3. The van der Waals surface area contributed by atoms with Gasteiger partial charge in [-0.2, -0.15) is 0 Å². The van der Waals surface area contributed by atoms with Gasteiger partial charge in [0, 0.05) is 60.5 Å². The van der Waals surface area contributed by atoms with Gasteiger partial charge in [0.1, 0.15) is 5.54 Å². The smallest absolute Gasteiger partial charge is 0.240 e. The molecule has 1 aliphatic rings. The fourth-order valence-electron chi connectivity index (χ4n) is 6.31. The Hall–Kier alpha value is -4.40. The van der Waals surface area contributed by atoms with Crippen molar-refractivity contribution in [1.82, 2.24) is 25.9 Å². The average molecular weight is 592 g/mol. The molecular formula is C36H41N5O3. The fourth-order valence-corrected chi connectivity index (χ4v) is 6.31. The molecule has 8 nitrogen and oxygen atoms in total.